The van der Waals surface area contributed by atoms with Crippen molar-refractivity contribution in [3.05, 3.63) is 22.8 Å². The number of pyridine rings is 1. The molecule has 1 heterocycles. The van der Waals surface area contributed by atoms with Crippen LogP contribution < -0.4 is 10.6 Å². The van der Waals surface area contributed by atoms with E-state index in [0.717, 1.165) is 6.07 Å². The molecule has 0 bridgehead atoms. The van der Waals surface area contributed by atoms with Gasteiger partial charge in [0.25, 0.3) is 0 Å². The van der Waals surface area contributed by atoms with Crippen LogP contribution >= 0.6 is 11.6 Å². The molecule has 132 valence electrons. The molecule has 3 N–H and O–H groups in total. The lowest BCUT2D eigenvalue weighted by molar-refractivity contribution is -0.143. The first-order valence-electron chi connectivity index (χ1n) is 7.11. The lowest BCUT2D eigenvalue weighted by Gasteiger charge is -2.12. The van der Waals surface area contributed by atoms with Gasteiger partial charge in [-0.15, -0.1) is 0 Å². The zero-order valence-electron chi connectivity index (χ0n) is 12.4. The van der Waals surface area contributed by atoms with Gasteiger partial charge < -0.3 is 15.7 Å². The molecule has 1 aliphatic rings. The number of amides is 1. The molecule has 0 spiro atoms. The van der Waals surface area contributed by atoms with Gasteiger partial charge >= 0.3 is 12.1 Å². The van der Waals surface area contributed by atoms with Crippen molar-refractivity contribution in [2.24, 2.45) is 5.41 Å². The van der Waals surface area contributed by atoms with E-state index in [9.17, 15) is 22.8 Å². The quantitative estimate of drug-likeness (QED) is 0.690. The largest absolute Gasteiger partial charge is 0.481 e. The van der Waals surface area contributed by atoms with Gasteiger partial charge in [0.05, 0.1) is 16.0 Å². The summed E-state index contributed by atoms with van der Waals surface area (Å²) < 4.78 is 37.5. The van der Waals surface area contributed by atoms with E-state index in [4.69, 9.17) is 16.7 Å². The zero-order chi connectivity index (χ0) is 18.0. The van der Waals surface area contributed by atoms with E-state index < -0.39 is 23.1 Å². The van der Waals surface area contributed by atoms with Gasteiger partial charge in [0, 0.05) is 25.7 Å². The summed E-state index contributed by atoms with van der Waals surface area (Å²) in [5, 5.41) is 14.0. The molecule has 10 heteroatoms. The lowest BCUT2D eigenvalue weighted by atomic mass is 10.1. The number of carbonyl (C=O) groups is 2. The maximum Gasteiger partial charge on any atom is 0.417 e. The summed E-state index contributed by atoms with van der Waals surface area (Å²) in [6.45, 7) is 0.171. The Labute approximate surface area is 140 Å². The number of rotatable bonds is 7. The van der Waals surface area contributed by atoms with Crippen LogP contribution in [0.5, 0.6) is 0 Å². The van der Waals surface area contributed by atoms with Crippen LogP contribution in [0.4, 0.5) is 19.0 Å². The Morgan fingerprint density at radius 3 is 2.54 bits per heavy atom. The Balaban J connectivity index is 1.78. The van der Waals surface area contributed by atoms with E-state index in [0.29, 0.717) is 19.0 Å². The Hall–Kier alpha value is -2.03. The molecule has 1 saturated carbocycles. The second-order valence-corrected chi connectivity index (χ2v) is 6.00. The predicted octanol–water partition coefficient (Wildman–Crippen LogP) is 2.54. The molecule has 0 saturated heterocycles. The van der Waals surface area contributed by atoms with Crippen LogP contribution in [0.25, 0.3) is 0 Å². The number of anilines is 1. The van der Waals surface area contributed by atoms with E-state index in [2.05, 4.69) is 15.6 Å². The van der Waals surface area contributed by atoms with Crippen LogP contribution in [0, 0.1) is 5.41 Å². The summed E-state index contributed by atoms with van der Waals surface area (Å²) in [5.74, 6) is -1.25. The summed E-state index contributed by atoms with van der Waals surface area (Å²) in [7, 11) is 0. The van der Waals surface area contributed by atoms with Gasteiger partial charge in [0.1, 0.15) is 5.82 Å². The number of nitrogens with one attached hydrogen (secondary N) is 2. The molecule has 0 unspecified atom stereocenters. The molecule has 1 aliphatic carbocycles. The highest BCUT2D eigenvalue weighted by Crippen LogP contribution is 2.45. The second-order valence-electron chi connectivity index (χ2n) is 5.59. The van der Waals surface area contributed by atoms with Gasteiger partial charge in [-0.1, -0.05) is 11.6 Å². The van der Waals surface area contributed by atoms with Crippen LogP contribution in [0.3, 0.4) is 0 Å². The minimum atomic E-state index is -4.53. The van der Waals surface area contributed by atoms with E-state index in [1.54, 1.807) is 0 Å². The maximum atomic E-state index is 12.5. The van der Waals surface area contributed by atoms with Gasteiger partial charge in [-0.3, -0.25) is 9.59 Å². The molecule has 0 aromatic carbocycles. The van der Waals surface area contributed by atoms with E-state index in [1.165, 1.54) is 0 Å². The van der Waals surface area contributed by atoms with Crippen molar-refractivity contribution >= 4 is 29.3 Å². The van der Waals surface area contributed by atoms with Crippen LogP contribution in [-0.2, 0) is 15.8 Å². The number of carboxylic acids is 1. The fourth-order valence-corrected chi connectivity index (χ4v) is 2.22. The monoisotopic (exact) mass is 365 g/mol. The smallest absolute Gasteiger partial charge is 0.417 e. The van der Waals surface area contributed by atoms with E-state index in [1.807, 2.05) is 0 Å². The third-order valence-corrected chi connectivity index (χ3v) is 4.03. The van der Waals surface area contributed by atoms with Gasteiger partial charge in [-0.25, -0.2) is 4.98 Å². The molecule has 24 heavy (non-hydrogen) atoms. The topological polar surface area (TPSA) is 91.3 Å². The van der Waals surface area contributed by atoms with Gasteiger partial charge in [0.2, 0.25) is 5.91 Å². The van der Waals surface area contributed by atoms with Gasteiger partial charge in [-0.05, 0) is 18.9 Å². The van der Waals surface area contributed by atoms with Crippen molar-refractivity contribution in [3.63, 3.8) is 0 Å². The molecule has 6 nitrogen and oxygen atoms in total. The Morgan fingerprint density at radius 2 is 2.04 bits per heavy atom. The number of halogens is 4. The fraction of sp³-hybridized carbons (Fsp3) is 0.500. The SMILES string of the molecule is O=C(CCNc1ncc(C(F)(F)F)cc1Cl)NCC1(C(=O)O)CC1. The second kappa shape index (κ2) is 6.84. The molecule has 1 aromatic heterocycles. The van der Waals surface area contributed by atoms with Crippen molar-refractivity contribution in [3.8, 4) is 0 Å². The number of carboxylic acid groups (broad SMARTS) is 1. The van der Waals surface area contributed by atoms with Crippen molar-refractivity contribution < 1.29 is 27.9 Å². The van der Waals surface area contributed by atoms with Crippen LogP contribution in [0.2, 0.25) is 5.02 Å². The average molecular weight is 366 g/mol. The molecule has 1 aromatic rings. The molecule has 1 fully saturated rings. The number of aromatic nitrogens is 1. The first-order chi connectivity index (χ1) is 11.1. The molecular formula is C14H15ClF3N3O3. The third kappa shape index (κ3) is 4.50. The Bertz CT molecular complexity index is 648. The molecule has 1 amide bonds. The highest BCUT2D eigenvalue weighted by molar-refractivity contribution is 6.32. The van der Waals surface area contributed by atoms with Crippen LogP contribution in [0.15, 0.2) is 12.3 Å². The van der Waals surface area contributed by atoms with Crippen molar-refractivity contribution in [1.82, 2.24) is 10.3 Å². The number of alkyl halides is 3. The standard InChI is InChI=1S/C14H15ClF3N3O3/c15-9-5-8(14(16,17)18)6-20-11(9)19-4-1-10(22)21-7-13(2-3-13)12(23)24/h5-6H,1-4,7H2,(H,19,20)(H,21,22)(H,23,24). The number of carbonyl (C=O) groups excluding carboxylic acids is 1. The van der Waals surface area contributed by atoms with Crippen LogP contribution in [0.1, 0.15) is 24.8 Å². The lowest BCUT2D eigenvalue weighted by Crippen LogP contribution is -2.34. The van der Waals surface area contributed by atoms with Crippen molar-refractivity contribution in [2.45, 2.75) is 25.4 Å². The average Bonchev–Trinajstić information content (AvgIpc) is 3.27. The third-order valence-electron chi connectivity index (χ3n) is 3.74. The van der Waals surface area contributed by atoms with Gasteiger partial charge in [0.15, 0.2) is 0 Å². The Kier molecular flexibility index (Phi) is 5.22. The zero-order valence-corrected chi connectivity index (χ0v) is 13.2. The normalized spacial score (nSPS) is 15.7. The number of hydrogen-bond acceptors (Lipinski definition) is 4. The maximum absolute atomic E-state index is 12.5. The summed E-state index contributed by atoms with van der Waals surface area (Å²) in [5.41, 5.74) is -1.80. The number of aliphatic carboxylic acids is 1. The van der Waals surface area contributed by atoms with Crippen LogP contribution in [-0.4, -0.2) is 35.1 Å². The molecule has 0 aliphatic heterocycles. The first kappa shape index (κ1) is 18.3. The van der Waals surface area contributed by atoms with Gasteiger partial charge in [-0.2, -0.15) is 13.2 Å². The molecule has 0 atom stereocenters. The van der Waals surface area contributed by atoms with Crippen molar-refractivity contribution in [1.29, 1.82) is 0 Å². The minimum absolute atomic E-state index is 0.00866. The highest BCUT2D eigenvalue weighted by atomic mass is 35.5. The molecule has 0 radical (unpaired) electrons. The fourth-order valence-electron chi connectivity index (χ4n) is 1.99. The molecule has 2 rings (SSSR count). The molecular weight excluding hydrogens is 351 g/mol. The number of nitrogens with zero attached hydrogens (tertiary/aromatic N) is 1. The highest BCUT2D eigenvalue weighted by Gasteiger charge is 2.50. The summed E-state index contributed by atoms with van der Waals surface area (Å²) in [6.07, 6.45) is -2.80. The van der Waals surface area contributed by atoms with E-state index >= 15 is 0 Å². The predicted molar refractivity (Wildman–Crippen MR) is 79.7 cm³/mol. The summed E-state index contributed by atoms with van der Waals surface area (Å²) in [6, 6.07) is 0.751. The van der Waals surface area contributed by atoms with Crippen molar-refractivity contribution in [2.75, 3.05) is 18.4 Å². The Morgan fingerprint density at radius 1 is 1.38 bits per heavy atom. The minimum Gasteiger partial charge on any atom is -0.481 e. The summed E-state index contributed by atoms with van der Waals surface area (Å²) >= 11 is 5.72. The first-order valence-corrected chi connectivity index (χ1v) is 7.48. The summed E-state index contributed by atoms with van der Waals surface area (Å²) in [4.78, 5) is 26.2. The number of hydrogen-bond donors (Lipinski definition) is 3. The van der Waals surface area contributed by atoms with E-state index in [-0.39, 0.29) is 36.3 Å².